The molecular weight excluding hydrogens is 358 g/mol. The van der Waals surface area contributed by atoms with Crippen molar-refractivity contribution in [3.63, 3.8) is 0 Å². The number of H-pyrrole nitrogens is 1. The van der Waals surface area contributed by atoms with Crippen LogP contribution in [-0.2, 0) is 13.0 Å². The lowest BCUT2D eigenvalue weighted by molar-refractivity contribution is 0.468. The van der Waals surface area contributed by atoms with Crippen molar-refractivity contribution in [2.45, 2.75) is 33.7 Å². The molecule has 4 rings (SSSR count). The van der Waals surface area contributed by atoms with E-state index in [4.69, 9.17) is 12.2 Å². The molecule has 7 heteroatoms. The molecule has 0 aliphatic heterocycles. The van der Waals surface area contributed by atoms with Crippen LogP contribution in [-0.4, -0.2) is 29.4 Å². The zero-order valence-corrected chi connectivity index (χ0v) is 16.3. The van der Waals surface area contributed by atoms with Gasteiger partial charge in [0, 0.05) is 12.1 Å². The first-order valence-corrected chi connectivity index (χ1v) is 9.40. The molecule has 0 atom stereocenters. The van der Waals surface area contributed by atoms with Gasteiger partial charge in [0.25, 0.3) is 0 Å². The van der Waals surface area contributed by atoms with Crippen LogP contribution in [0.15, 0.2) is 36.7 Å². The Morgan fingerprint density at radius 1 is 1.22 bits per heavy atom. The molecule has 0 aliphatic carbocycles. The van der Waals surface area contributed by atoms with Crippen molar-refractivity contribution in [3.05, 3.63) is 52.6 Å². The van der Waals surface area contributed by atoms with E-state index in [1.54, 1.807) is 6.07 Å². The van der Waals surface area contributed by atoms with E-state index in [0.29, 0.717) is 16.3 Å². The highest BCUT2D eigenvalue weighted by Gasteiger charge is 2.18. The summed E-state index contributed by atoms with van der Waals surface area (Å²) in [7, 11) is 0. The Balaban J connectivity index is 2.00. The number of fused-ring (bicyclic) bond motifs is 1. The standard InChI is InChI=1S/C20H21N5OS/c1-4-13-10-14(12(3)9-17(13)26)19-22-23-20(27)25(19)16-8-6-7-15-18(16)21-11-24(15)5-2/h6-11,26H,4-5H2,1-3H3,(H,23,27). The number of rotatable bonds is 4. The third-order valence-corrected chi connectivity index (χ3v) is 5.20. The highest BCUT2D eigenvalue weighted by molar-refractivity contribution is 7.71. The molecule has 0 bridgehead atoms. The molecule has 0 aliphatic rings. The van der Waals surface area contributed by atoms with Gasteiger partial charge in [0.1, 0.15) is 11.3 Å². The molecule has 4 aromatic rings. The normalized spacial score (nSPS) is 11.4. The van der Waals surface area contributed by atoms with Gasteiger partial charge in [0.15, 0.2) is 10.6 Å². The van der Waals surface area contributed by atoms with E-state index in [1.165, 1.54) is 0 Å². The first-order valence-electron chi connectivity index (χ1n) is 8.99. The monoisotopic (exact) mass is 379 g/mol. The molecule has 2 aromatic heterocycles. The van der Waals surface area contributed by atoms with Gasteiger partial charge in [-0.15, -0.1) is 0 Å². The molecule has 0 fully saturated rings. The fourth-order valence-corrected chi connectivity index (χ4v) is 3.70. The second-order valence-electron chi connectivity index (χ2n) is 6.51. The minimum Gasteiger partial charge on any atom is -0.508 e. The van der Waals surface area contributed by atoms with E-state index < -0.39 is 0 Å². The number of hydrogen-bond acceptors (Lipinski definition) is 4. The van der Waals surface area contributed by atoms with E-state index in [-0.39, 0.29) is 0 Å². The minimum absolute atomic E-state index is 0.309. The fourth-order valence-electron chi connectivity index (χ4n) is 3.47. The average Bonchev–Trinajstić information content (AvgIpc) is 3.25. The number of nitrogens with zero attached hydrogens (tertiary/aromatic N) is 4. The second kappa shape index (κ2) is 6.66. The number of imidazole rings is 1. The van der Waals surface area contributed by atoms with Gasteiger partial charge >= 0.3 is 0 Å². The summed E-state index contributed by atoms with van der Waals surface area (Å²) in [4.78, 5) is 4.61. The van der Waals surface area contributed by atoms with E-state index in [1.807, 2.05) is 42.9 Å². The Labute approximate surface area is 162 Å². The van der Waals surface area contributed by atoms with Gasteiger partial charge in [-0.05, 0) is 67.9 Å². The summed E-state index contributed by atoms with van der Waals surface area (Å²) < 4.78 is 4.53. The van der Waals surface area contributed by atoms with Crippen LogP contribution in [0.1, 0.15) is 25.0 Å². The van der Waals surface area contributed by atoms with Gasteiger partial charge in [0.2, 0.25) is 0 Å². The third-order valence-electron chi connectivity index (χ3n) is 4.93. The zero-order valence-electron chi connectivity index (χ0n) is 15.5. The zero-order chi connectivity index (χ0) is 19.1. The molecule has 2 N–H and O–H groups in total. The lowest BCUT2D eigenvalue weighted by atomic mass is 10.0. The highest BCUT2D eigenvalue weighted by Crippen LogP contribution is 2.32. The minimum atomic E-state index is 0.309. The maximum Gasteiger partial charge on any atom is 0.200 e. The molecule has 0 unspecified atom stereocenters. The predicted molar refractivity (Wildman–Crippen MR) is 109 cm³/mol. The SMILES string of the molecule is CCc1cc(-c2n[nH]c(=S)n2-c2cccc3c2ncn3CC)c(C)cc1O. The van der Waals surface area contributed by atoms with Gasteiger partial charge < -0.3 is 9.67 Å². The Hall–Kier alpha value is -2.93. The van der Waals surface area contributed by atoms with Crippen LogP contribution in [0.4, 0.5) is 0 Å². The molecule has 0 radical (unpaired) electrons. The Bertz CT molecular complexity index is 1200. The van der Waals surface area contributed by atoms with E-state index in [0.717, 1.165) is 46.4 Å². The van der Waals surface area contributed by atoms with Crippen LogP contribution >= 0.6 is 12.2 Å². The highest BCUT2D eigenvalue weighted by atomic mass is 32.1. The number of hydrogen-bond donors (Lipinski definition) is 2. The van der Waals surface area contributed by atoms with Crippen LogP contribution in [0.3, 0.4) is 0 Å². The van der Waals surface area contributed by atoms with Gasteiger partial charge in [0.05, 0.1) is 17.5 Å². The molecule has 0 spiro atoms. The summed E-state index contributed by atoms with van der Waals surface area (Å²) in [5, 5.41) is 17.6. The van der Waals surface area contributed by atoms with Crippen LogP contribution in [0, 0.1) is 11.7 Å². The number of benzene rings is 2. The topological polar surface area (TPSA) is 71.7 Å². The van der Waals surface area contributed by atoms with E-state index in [2.05, 4.69) is 32.7 Å². The fraction of sp³-hybridized carbons (Fsp3) is 0.250. The number of phenols is 1. The Morgan fingerprint density at radius 3 is 2.78 bits per heavy atom. The van der Waals surface area contributed by atoms with Crippen molar-refractivity contribution >= 4 is 23.3 Å². The smallest absolute Gasteiger partial charge is 0.200 e. The molecule has 2 heterocycles. The summed E-state index contributed by atoms with van der Waals surface area (Å²) in [5.41, 5.74) is 5.57. The maximum absolute atomic E-state index is 10.2. The van der Waals surface area contributed by atoms with E-state index in [9.17, 15) is 5.11 Å². The molecule has 0 saturated carbocycles. The lowest BCUT2D eigenvalue weighted by Gasteiger charge is -2.12. The number of para-hydroxylation sites is 1. The number of phenolic OH excluding ortho intramolecular Hbond substituents is 1. The summed E-state index contributed by atoms with van der Waals surface area (Å²) in [6, 6.07) is 9.82. The van der Waals surface area contributed by atoms with Crippen molar-refractivity contribution < 1.29 is 5.11 Å². The number of aromatic amines is 1. The first kappa shape index (κ1) is 17.5. The summed E-state index contributed by atoms with van der Waals surface area (Å²) in [6.45, 7) is 6.92. The molecule has 0 amide bonds. The quantitative estimate of drug-likeness (QED) is 0.511. The third kappa shape index (κ3) is 2.75. The van der Waals surface area contributed by atoms with Crippen LogP contribution in [0.25, 0.3) is 28.1 Å². The largest absolute Gasteiger partial charge is 0.508 e. The summed E-state index contributed by atoms with van der Waals surface area (Å²) >= 11 is 5.54. The van der Waals surface area contributed by atoms with Crippen molar-refractivity contribution in [2.75, 3.05) is 0 Å². The number of aromatic hydroxyl groups is 1. The van der Waals surface area contributed by atoms with Gasteiger partial charge in [-0.3, -0.25) is 9.67 Å². The molecule has 138 valence electrons. The van der Waals surface area contributed by atoms with Crippen molar-refractivity contribution in [1.29, 1.82) is 0 Å². The predicted octanol–water partition coefficient (Wildman–Crippen LogP) is 4.54. The number of aryl methyl sites for hydroxylation is 3. The van der Waals surface area contributed by atoms with Crippen LogP contribution in [0.5, 0.6) is 5.75 Å². The van der Waals surface area contributed by atoms with Crippen molar-refractivity contribution in [3.8, 4) is 22.8 Å². The van der Waals surface area contributed by atoms with Crippen LogP contribution in [0.2, 0.25) is 0 Å². The summed E-state index contributed by atoms with van der Waals surface area (Å²) in [5.74, 6) is 1.02. The van der Waals surface area contributed by atoms with E-state index >= 15 is 0 Å². The lowest BCUT2D eigenvalue weighted by Crippen LogP contribution is -2.01. The van der Waals surface area contributed by atoms with Gasteiger partial charge in [-0.25, -0.2) is 4.98 Å². The maximum atomic E-state index is 10.2. The molecular formula is C20H21N5OS. The van der Waals surface area contributed by atoms with Crippen molar-refractivity contribution in [2.24, 2.45) is 0 Å². The number of aromatic nitrogens is 5. The van der Waals surface area contributed by atoms with Crippen LogP contribution < -0.4 is 0 Å². The van der Waals surface area contributed by atoms with Gasteiger partial charge in [-0.1, -0.05) is 13.0 Å². The first-order chi connectivity index (χ1) is 13.0. The summed E-state index contributed by atoms with van der Waals surface area (Å²) in [6.07, 6.45) is 2.58. The molecule has 0 saturated heterocycles. The second-order valence-corrected chi connectivity index (χ2v) is 6.90. The Morgan fingerprint density at radius 2 is 2.04 bits per heavy atom. The van der Waals surface area contributed by atoms with Gasteiger partial charge in [-0.2, -0.15) is 5.10 Å². The number of nitrogens with one attached hydrogen (secondary N) is 1. The Kier molecular flexibility index (Phi) is 4.31. The molecule has 6 nitrogen and oxygen atoms in total. The molecule has 27 heavy (non-hydrogen) atoms. The van der Waals surface area contributed by atoms with Crippen molar-refractivity contribution in [1.82, 2.24) is 24.3 Å². The molecule has 2 aromatic carbocycles. The average molecular weight is 379 g/mol.